The van der Waals surface area contributed by atoms with Gasteiger partial charge in [0.1, 0.15) is 0 Å². The fourth-order valence-corrected chi connectivity index (χ4v) is 0. The first-order valence-corrected chi connectivity index (χ1v) is 22.7. The summed E-state index contributed by atoms with van der Waals surface area (Å²) in [5.74, 6) is 0. The van der Waals surface area contributed by atoms with Crippen LogP contribution in [-0.2, 0) is 28.4 Å². The monoisotopic (exact) mass is 578 g/mol. The predicted octanol–water partition coefficient (Wildman–Crippen LogP) is 4.13. The van der Waals surface area contributed by atoms with Crippen molar-refractivity contribution in [2.75, 3.05) is 0 Å². The van der Waals surface area contributed by atoms with E-state index in [0.717, 1.165) is 0 Å². The maximum absolute atomic E-state index is 5.47. The summed E-state index contributed by atoms with van der Waals surface area (Å²) in [6.07, 6.45) is 0. The molecule has 0 saturated heterocycles. The van der Waals surface area contributed by atoms with E-state index in [1.165, 1.54) is 0 Å². The minimum absolute atomic E-state index is 0. The maximum atomic E-state index is 5.07. The van der Waals surface area contributed by atoms with E-state index in [-0.39, 0.29) is 21.1 Å². The zero-order valence-corrected chi connectivity index (χ0v) is 13.5. The molecule has 0 N–H and O–H groups in total. The molecule has 0 unspecified atom stereocenters. The summed E-state index contributed by atoms with van der Waals surface area (Å²) in [7, 11) is 24.9. The largest absolute Gasteiger partial charge is 0 e. The van der Waals surface area contributed by atoms with Gasteiger partial charge in [0.05, 0.1) is 0 Å². The van der Waals surface area contributed by atoms with Crippen molar-refractivity contribution in [3.63, 3.8) is 0 Å². The second-order valence-corrected chi connectivity index (χ2v) is 64.4. The molecule has 8 heteroatoms. The van der Waals surface area contributed by atoms with Gasteiger partial charge in [-0.1, -0.05) is 0 Å². The van der Waals surface area contributed by atoms with E-state index in [1.54, 1.807) is 0 Å². The summed E-state index contributed by atoms with van der Waals surface area (Å²) < 4.78 is 0. The van der Waals surface area contributed by atoms with Crippen molar-refractivity contribution in [3.05, 3.63) is 0 Å². The quantitative estimate of drug-likeness (QED) is 0.405. The topological polar surface area (TPSA) is 0 Å². The summed E-state index contributed by atoms with van der Waals surface area (Å²) in [5, 5.41) is 0. The van der Waals surface area contributed by atoms with E-state index in [0.29, 0.717) is 0 Å². The second-order valence-electron chi connectivity index (χ2n) is 0.875. The van der Waals surface area contributed by atoms with E-state index in [9.17, 15) is 0 Å². The molecule has 0 saturated carbocycles. The Balaban J connectivity index is 0. The minimum atomic E-state index is -5.47. The van der Waals surface area contributed by atoms with Crippen molar-refractivity contribution in [1.82, 2.24) is 0 Å². The van der Waals surface area contributed by atoms with Gasteiger partial charge in [0.2, 0.25) is 0 Å². The molecule has 0 aromatic rings. The van der Waals surface area contributed by atoms with Crippen LogP contribution < -0.4 is 0 Å². The van der Waals surface area contributed by atoms with Gasteiger partial charge in [0.15, 0.2) is 0 Å². The molecule has 0 fully saturated rings. The van der Waals surface area contributed by atoms with Crippen molar-refractivity contribution < 1.29 is 28.4 Å². The SMILES string of the molecule is [Cl][W]([Cl])([Cl])([Cl])([Cl])[Cl].[W]. The van der Waals surface area contributed by atoms with E-state index < -0.39 is 7.31 Å². The van der Waals surface area contributed by atoms with Crippen molar-refractivity contribution >= 4 is 56.5 Å². The molecule has 0 bridgehead atoms. The van der Waals surface area contributed by atoms with Crippen LogP contribution in [0.3, 0.4) is 0 Å². The van der Waals surface area contributed by atoms with Gasteiger partial charge in [-0.05, 0) is 0 Å². The third-order valence-corrected chi connectivity index (χ3v) is 0. The van der Waals surface area contributed by atoms with E-state index in [1.807, 2.05) is 0 Å². The van der Waals surface area contributed by atoms with Crippen LogP contribution in [0.4, 0.5) is 0 Å². The molecule has 0 aromatic carbocycles. The summed E-state index contributed by atoms with van der Waals surface area (Å²) in [6.45, 7) is 0. The van der Waals surface area contributed by atoms with Gasteiger partial charge in [-0.3, -0.25) is 0 Å². The van der Waals surface area contributed by atoms with Crippen LogP contribution in [0, 0.1) is 0 Å². The van der Waals surface area contributed by atoms with Crippen molar-refractivity contribution in [1.29, 1.82) is 0 Å². The van der Waals surface area contributed by atoms with Crippen molar-refractivity contribution in [2.45, 2.75) is 0 Å². The Hall–Kier alpha value is 3.12. The average molecular weight is 580 g/mol. The molecule has 0 nitrogen and oxygen atoms in total. The Bertz CT molecular complexity index is 65.1. The van der Waals surface area contributed by atoms with E-state index in [2.05, 4.69) is 0 Å². The molecule has 8 heavy (non-hydrogen) atoms. The number of rotatable bonds is 0. The Morgan fingerprint density at radius 2 is 0.625 bits per heavy atom. The third kappa shape index (κ3) is 61.8. The molecule has 0 aliphatic rings. The summed E-state index contributed by atoms with van der Waals surface area (Å²) in [6, 6.07) is 0. The molecule has 0 rings (SSSR count). The first-order chi connectivity index (χ1) is 2.45. The molecule has 54 valence electrons. The van der Waals surface area contributed by atoms with Gasteiger partial charge in [-0.15, -0.1) is 0 Å². The van der Waals surface area contributed by atoms with Crippen molar-refractivity contribution in [3.8, 4) is 0 Å². The first-order valence-electron chi connectivity index (χ1n) is 0.926. The van der Waals surface area contributed by atoms with Gasteiger partial charge in [-0.2, -0.15) is 0 Å². The molecule has 0 atom stereocenters. The van der Waals surface area contributed by atoms with E-state index in [4.69, 9.17) is 56.5 Å². The summed E-state index contributed by atoms with van der Waals surface area (Å²) in [4.78, 5) is 0. The number of hydrogen-bond acceptors (Lipinski definition) is 0. The number of hydrogen-bond donors (Lipinski definition) is 0. The van der Waals surface area contributed by atoms with Crippen LogP contribution in [0.15, 0.2) is 0 Å². The zero-order chi connectivity index (χ0) is 6.41. The van der Waals surface area contributed by atoms with Crippen LogP contribution in [-0.4, -0.2) is 0 Å². The summed E-state index contributed by atoms with van der Waals surface area (Å²) >= 11 is 0. The van der Waals surface area contributed by atoms with Gasteiger partial charge >= 0.3 is 63.8 Å². The molecule has 0 heterocycles. The third-order valence-electron chi connectivity index (χ3n) is 0. The first kappa shape index (κ1) is 13.7. The van der Waals surface area contributed by atoms with Crippen LogP contribution in [0.1, 0.15) is 0 Å². The fraction of sp³-hybridized carbons (Fsp3) is 0. The molecular formula is Cl6W2. The average Bonchev–Trinajstić information content (AvgIpc) is 0.592. The molecule has 0 amide bonds. The predicted molar refractivity (Wildman–Crippen MR) is 35.1 cm³/mol. The zero-order valence-electron chi connectivity index (χ0n) is 3.08. The second kappa shape index (κ2) is 2.56. The molecule has 0 spiro atoms. The Kier molecular flexibility index (Phi) is 4.38. The van der Waals surface area contributed by atoms with Gasteiger partial charge in [-0.25, -0.2) is 0 Å². The maximum Gasteiger partial charge on any atom is 0 e. The molecule has 0 aromatic heterocycles. The van der Waals surface area contributed by atoms with Crippen LogP contribution in [0.25, 0.3) is 0 Å². The van der Waals surface area contributed by atoms with Gasteiger partial charge < -0.3 is 0 Å². The minimum Gasteiger partial charge on any atom is 0 e. The van der Waals surface area contributed by atoms with Crippen LogP contribution in [0.2, 0.25) is 0 Å². The molecular weight excluding hydrogens is 580 g/mol. The standard InChI is InChI=1S/6ClH.2W/h6*1H;;/q;;;;;;;+6/p-6. The smallest absolute Gasteiger partial charge is 0 e. The molecule has 0 aliphatic carbocycles. The Labute approximate surface area is 83.4 Å². The van der Waals surface area contributed by atoms with Crippen LogP contribution in [0.5, 0.6) is 0 Å². The Morgan fingerprint density at radius 1 is 0.625 bits per heavy atom. The normalized spacial score (nSPS) is 20.2. The Morgan fingerprint density at radius 3 is 0.625 bits per heavy atom. The number of halogens is 6. The molecule has 0 radical (unpaired) electrons. The fourth-order valence-electron chi connectivity index (χ4n) is 0. The van der Waals surface area contributed by atoms with Gasteiger partial charge in [0.25, 0.3) is 0 Å². The van der Waals surface area contributed by atoms with Crippen LogP contribution >= 0.6 is 56.5 Å². The molecule has 0 aliphatic heterocycles. The summed E-state index contributed by atoms with van der Waals surface area (Å²) in [5.41, 5.74) is 0. The van der Waals surface area contributed by atoms with Gasteiger partial charge in [0, 0.05) is 21.1 Å². The van der Waals surface area contributed by atoms with E-state index >= 15 is 0 Å². The van der Waals surface area contributed by atoms with Crippen molar-refractivity contribution in [2.24, 2.45) is 0 Å².